The first-order valence-corrected chi connectivity index (χ1v) is 9.55. The maximum atomic E-state index is 12.5. The van der Waals surface area contributed by atoms with Crippen LogP contribution in [0.1, 0.15) is 59.9 Å². The van der Waals surface area contributed by atoms with Crippen LogP contribution in [0.4, 0.5) is 0 Å². The highest BCUT2D eigenvalue weighted by molar-refractivity contribution is 5.95. The first-order valence-electron chi connectivity index (χ1n) is 9.55. The van der Waals surface area contributed by atoms with E-state index in [2.05, 4.69) is 12.2 Å². The predicted molar refractivity (Wildman–Crippen MR) is 109 cm³/mol. The molecule has 0 aliphatic heterocycles. The molecule has 0 spiro atoms. The quantitative estimate of drug-likeness (QED) is 0.707. The van der Waals surface area contributed by atoms with E-state index in [1.54, 1.807) is 27.2 Å². The van der Waals surface area contributed by atoms with Crippen LogP contribution in [0.15, 0.2) is 33.5 Å². The molecule has 152 valence electrons. The van der Waals surface area contributed by atoms with Crippen molar-refractivity contribution in [2.75, 3.05) is 20.8 Å². The molecule has 1 aromatic carbocycles. The zero-order valence-corrected chi connectivity index (χ0v) is 17.3. The first kappa shape index (κ1) is 21.5. The van der Waals surface area contributed by atoms with Gasteiger partial charge in [-0.05, 0) is 49.1 Å². The van der Waals surface area contributed by atoms with E-state index in [-0.39, 0.29) is 11.5 Å². The fraction of sp³-hybridized carbons (Fsp3) is 0.455. The SMILES string of the molecule is CCCC(C)c1cc(C)c(C(=O)NCCc2ccc(OC)c(OC)c2)c(=O)o1. The summed E-state index contributed by atoms with van der Waals surface area (Å²) in [5.41, 5.74) is 1.12. The number of amides is 1. The summed E-state index contributed by atoms with van der Waals surface area (Å²) in [6.07, 6.45) is 2.53. The van der Waals surface area contributed by atoms with E-state index in [1.165, 1.54) is 0 Å². The monoisotopic (exact) mass is 387 g/mol. The highest BCUT2D eigenvalue weighted by atomic mass is 16.5. The second-order valence-electron chi connectivity index (χ2n) is 6.88. The minimum atomic E-state index is -0.582. The van der Waals surface area contributed by atoms with Crippen LogP contribution < -0.4 is 20.4 Å². The van der Waals surface area contributed by atoms with E-state index in [1.807, 2.05) is 25.1 Å². The van der Waals surface area contributed by atoms with Crippen LogP contribution in [-0.2, 0) is 6.42 Å². The van der Waals surface area contributed by atoms with Gasteiger partial charge in [-0.2, -0.15) is 0 Å². The number of ether oxygens (including phenoxy) is 2. The van der Waals surface area contributed by atoms with Gasteiger partial charge in [0.15, 0.2) is 11.5 Å². The number of benzene rings is 1. The van der Waals surface area contributed by atoms with Crippen LogP contribution in [0.3, 0.4) is 0 Å². The van der Waals surface area contributed by atoms with E-state index < -0.39 is 11.5 Å². The Hall–Kier alpha value is -2.76. The van der Waals surface area contributed by atoms with Crippen molar-refractivity contribution in [3.8, 4) is 11.5 Å². The van der Waals surface area contributed by atoms with Gasteiger partial charge in [-0.3, -0.25) is 4.79 Å². The van der Waals surface area contributed by atoms with Gasteiger partial charge in [0, 0.05) is 12.5 Å². The van der Waals surface area contributed by atoms with Crippen molar-refractivity contribution in [1.29, 1.82) is 0 Å². The van der Waals surface area contributed by atoms with E-state index in [0.717, 1.165) is 18.4 Å². The summed E-state index contributed by atoms with van der Waals surface area (Å²) >= 11 is 0. The molecule has 1 aromatic heterocycles. The number of nitrogens with one attached hydrogen (secondary N) is 1. The Morgan fingerprint density at radius 3 is 2.50 bits per heavy atom. The van der Waals surface area contributed by atoms with Gasteiger partial charge in [0.25, 0.3) is 5.91 Å². The largest absolute Gasteiger partial charge is 0.493 e. The molecule has 0 saturated carbocycles. The Bertz CT molecular complexity index is 872. The smallest absolute Gasteiger partial charge is 0.349 e. The maximum Gasteiger partial charge on any atom is 0.349 e. The Labute approximate surface area is 165 Å². The molecule has 0 radical (unpaired) electrons. The number of carbonyl (C=O) groups excluding carboxylic acids is 1. The third kappa shape index (κ3) is 5.15. The number of hydrogen-bond acceptors (Lipinski definition) is 5. The van der Waals surface area contributed by atoms with Crippen molar-refractivity contribution in [3.05, 3.63) is 57.1 Å². The van der Waals surface area contributed by atoms with E-state index in [9.17, 15) is 9.59 Å². The van der Waals surface area contributed by atoms with Crippen molar-refractivity contribution in [2.24, 2.45) is 0 Å². The van der Waals surface area contributed by atoms with Crippen LogP contribution in [-0.4, -0.2) is 26.7 Å². The Kier molecular flexibility index (Phi) is 7.67. The second-order valence-corrected chi connectivity index (χ2v) is 6.88. The first-order chi connectivity index (χ1) is 13.4. The van der Waals surface area contributed by atoms with Crippen LogP contribution in [0.25, 0.3) is 0 Å². The molecule has 1 heterocycles. The van der Waals surface area contributed by atoms with Gasteiger partial charge in [-0.15, -0.1) is 0 Å². The fourth-order valence-corrected chi connectivity index (χ4v) is 3.17. The molecular formula is C22H29NO5. The second kappa shape index (κ2) is 9.97. The molecule has 1 unspecified atom stereocenters. The summed E-state index contributed by atoms with van der Waals surface area (Å²) in [7, 11) is 3.16. The number of methoxy groups -OCH3 is 2. The summed E-state index contributed by atoms with van der Waals surface area (Å²) in [5.74, 6) is 1.66. The lowest BCUT2D eigenvalue weighted by molar-refractivity contribution is 0.0949. The topological polar surface area (TPSA) is 77.8 Å². The number of hydrogen-bond donors (Lipinski definition) is 1. The van der Waals surface area contributed by atoms with E-state index in [4.69, 9.17) is 13.9 Å². The van der Waals surface area contributed by atoms with Gasteiger partial charge in [-0.1, -0.05) is 26.3 Å². The minimum absolute atomic E-state index is 0.0692. The maximum absolute atomic E-state index is 12.5. The molecule has 1 N–H and O–H groups in total. The van der Waals surface area contributed by atoms with Crippen molar-refractivity contribution < 1.29 is 18.7 Å². The number of carbonyl (C=O) groups is 1. The molecule has 0 aliphatic carbocycles. The summed E-state index contributed by atoms with van der Waals surface area (Å²) in [6.45, 7) is 6.26. The summed E-state index contributed by atoms with van der Waals surface area (Å²) < 4.78 is 15.9. The van der Waals surface area contributed by atoms with Crippen LogP contribution in [0.5, 0.6) is 11.5 Å². The molecule has 0 bridgehead atoms. The van der Waals surface area contributed by atoms with E-state index >= 15 is 0 Å². The lowest BCUT2D eigenvalue weighted by Gasteiger charge is -2.12. The predicted octanol–water partition coefficient (Wildman–Crippen LogP) is 3.84. The summed E-state index contributed by atoms with van der Waals surface area (Å²) in [5, 5.41) is 2.80. The van der Waals surface area contributed by atoms with Crippen molar-refractivity contribution in [2.45, 2.75) is 46.0 Å². The Balaban J connectivity index is 2.04. The third-order valence-corrected chi connectivity index (χ3v) is 4.75. The molecule has 6 nitrogen and oxygen atoms in total. The van der Waals surface area contributed by atoms with Gasteiger partial charge >= 0.3 is 5.63 Å². The van der Waals surface area contributed by atoms with Crippen molar-refractivity contribution >= 4 is 5.91 Å². The van der Waals surface area contributed by atoms with Gasteiger partial charge in [0.05, 0.1) is 14.2 Å². The van der Waals surface area contributed by atoms with Gasteiger partial charge in [0.1, 0.15) is 11.3 Å². The lowest BCUT2D eigenvalue weighted by Crippen LogP contribution is -2.31. The highest BCUT2D eigenvalue weighted by Gasteiger charge is 2.18. The van der Waals surface area contributed by atoms with Gasteiger partial charge in [-0.25, -0.2) is 4.79 Å². The zero-order valence-electron chi connectivity index (χ0n) is 17.3. The molecule has 1 amide bonds. The molecular weight excluding hydrogens is 358 g/mol. The molecule has 0 aliphatic rings. The van der Waals surface area contributed by atoms with Gasteiger partial charge < -0.3 is 19.2 Å². The van der Waals surface area contributed by atoms with Crippen LogP contribution >= 0.6 is 0 Å². The highest BCUT2D eigenvalue weighted by Crippen LogP contribution is 2.27. The number of aryl methyl sites for hydroxylation is 1. The average Bonchev–Trinajstić information content (AvgIpc) is 2.67. The van der Waals surface area contributed by atoms with Crippen molar-refractivity contribution in [3.63, 3.8) is 0 Å². The third-order valence-electron chi connectivity index (χ3n) is 4.75. The van der Waals surface area contributed by atoms with E-state index in [0.29, 0.717) is 35.8 Å². The zero-order chi connectivity index (χ0) is 20.7. The molecule has 6 heteroatoms. The normalized spacial score (nSPS) is 11.8. The average molecular weight is 387 g/mol. The van der Waals surface area contributed by atoms with Crippen LogP contribution in [0.2, 0.25) is 0 Å². The number of rotatable bonds is 9. The standard InChI is InChI=1S/C22H29NO5/c1-6-7-14(2)18-12-15(3)20(22(25)28-18)21(24)23-11-10-16-8-9-17(26-4)19(13-16)27-5/h8-9,12-14H,6-7,10-11H2,1-5H3,(H,23,24). The fourth-order valence-electron chi connectivity index (χ4n) is 3.17. The molecule has 0 fully saturated rings. The molecule has 28 heavy (non-hydrogen) atoms. The Morgan fingerprint density at radius 2 is 1.89 bits per heavy atom. The van der Waals surface area contributed by atoms with Gasteiger partial charge in [0.2, 0.25) is 0 Å². The van der Waals surface area contributed by atoms with Crippen molar-refractivity contribution in [1.82, 2.24) is 5.32 Å². The summed E-state index contributed by atoms with van der Waals surface area (Å²) in [4.78, 5) is 24.8. The Morgan fingerprint density at radius 1 is 1.18 bits per heavy atom. The van der Waals surface area contributed by atoms with Crippen LogP contribution in [0, 0.1) is 6.92 Å². The minimum Gasteiger partial charge on any atom is -0.493 e. The molecule has 1 atom stereocenters. The molecule has 2 rings (SSSR count). The lowest BCUT2D eigenvalue weighted by atomic mass is 10.0. The summed E-state index contributed by atoms with van der Waals surface area (Å²) in [6, 6.07) is 7.40. The molecule has 0 saturated heterocycles. The molecule has 2 aromatic rings.